The number of nitrogens with two attached hydrogens (primary N) is 1. The van der Waals surface area contributed by atoms with E-state index in [0.29, 0.717) is 28.3 Å². The van der Waals surface area contributed by atoms with Gasteiger partial charge in [-0.25, -0.2) is 9.67 Å². The van der Waals surface area contributed by atoms with Gasteiger partial charge in [0.2, 0.25) is 0 Å². The van der Waals surface area contributed by atoms with E-state index in [1.54, 1.807) is 4.68 Å². The lowest BCUT2D eigenvalue weighted by atomic mass is 9.75. The van der Waals surface area contributed by atoms with E-state index in [4.69, 9.17) is 22.3 Å². The lowest BCUT2D eigenvalue weighted by molar-refractivity contribution is 0.0912. The number of aryl methyl sites for hydroxylation is 1. The highest BCUT2D eigenvalue weighted by atomic mass is 35.5. The smallest absolute Gasteiger partial charge is 0.167 e. The second-order valence-corrected chi connectivity index (χ2v) is 7.90. The summed E-state index contributed by atoms with van der Waals surface area (Å²) in [6.45, 7) is 6.05. The number of Topliss-reactive ketones (excluding diaryl/α,β-unsaturated/α-hetero) is 1. The van der Waals surface area contributed by atoms with Crippen LogP contribution in [0.5, 0.6) is 0 Å². The maximum Gasteiger partial charge on any atom is 0.167 e. The fourth-order valence-corrected chi connectivity index (χ4v) is 3.76. The molecule has 0 saturated heterocycles. The lowest BCUT2D eigenvalue weighted by Gasteiger charge is -2.30. The number of pyridine rings is 1. The Morgan fingerprint density at radius 1 is 1.20 bits per heavy atom. The predicted octanol–water partition coefficient (Wildman–Crippen LogP) is 4.12. The molecule has 0 amide bonds. The van der Waals surface area contributed by atoms with E-state index < -0.39 is 0 Å². The molecule has 1 aliphatic rings. The minimum Gasteiger partial charge on any atom is -0.397 e. The van der Waals surface area contributed by atoms with Gasteiger partial charge < -0.3 is 5.73 Å². The zero-order valence-electron chi connectivity index (χ0n) is 14.4. The number of halogens is 1. The Morgan fingerprint density at radius 2 is 1.88 bits per heavy atom. The van der Waals surface area contributed by atoms with Crippen LogP contribution >= 0.6 is 11.6 Å². The van der Waals surface area contributed by atoms with Crippen LogP contribution in [0, 0.1) is 12.3 Å². The van der Waals surface area contributed by atoms with Gasteiger partial charge in [0.25, 0.3) is 0 Å². The molecule has 0 aliphatic heterocycles. The van der Waals surface area contributed by atoms with Gasteiger partial charge in [0.1, 0.15) is 0 Å². The van der Waals surface area contributed by atoms with E-state index in [-0.39, 0.29) is 11.2 Å². The molecule has 1 aliphatic carbocycles. The fraction of sp³-hybridized carbons (Fsp3) is 0.316. The molecule has 4 rings (SSSR count). The number of ketones is 1. The largest absolute Gasteiger partial charge is 0.397 e. The normalized spacial score (nSPS) is 16.2. The van der Waals surface area contributed by atoms with Crippen LogP contribution in [0.3, 0.4) is 0 Å². The summed E-state index contributed by atoms with van der Waals surface area (Å²) < 4.78 is 1.77. The van der Waals surface area contributed by atoms with Gasteiger partial charge in [-0.05, 0) is 43.0 Å². The van der Waals surface area contributed by atoms with E-state index in [9.17, 15) is 4.79 Å². The molecule has 6 heteroatoms. The van der Waals surface area contributed by atoms with Crippen molar-refractivity contribution >= 4 is 34.1 Å². The molecule has 2 N–H and O–H groups in total. The van der Waals surface area contributed by atoms with Gasteiger partial charge in [-0.1, -0.05) is 25.4 Å². The first-order valence-electron chi connectivity index (χ1n) is 8.24. The number of aromatic nitrogens is 3. The third-order valence-corrected chi connectivity index (χ3v) is 4.99. The summed E-state index contributed by atoms with van der Waals surface area (Å²) in [5, 5.41) is 6.02. The van der Waals surface area contributed by atoms with Gasteiger partial charge in [0.05, 0.1) is 33.7 Å². The van der Waals surface area contributed by atoms with Gasteiger partial charge in [-0.2, -0.15) is 5.10 Å². The number of nitrogens with zero attached hydrogens (tertiary/aromatic N) is 3. The molecule has 0 atom stereocenters. The first-order chi connectivity index (χ1) is 11.8. The first kappa shape index (κ1) is 16.1. The molecule has 0 radical (unpaired) electrons. The minimum absolute atomic E-state index is 0.0665. The topological polar surface area (TPSA) is 73.8 Å². The molecular formula is C19H19ClN4O. The van der Waals surface area contributed by atoms with Gasteiger partial charge in [0, 0.05) is 11.4 Å². The third kappa shape index (κ3) is 2.50. The predicted molar refractivity (Wildman–Crippen MR) is 99.5 cm³/mol. The molecule has 3 aromatic rings. The number of carbonyl (C=O) groups excluding carboxylic acids is 1. The highest BCUT2D eigenvalue weighted by Crippen LogP contribution is 2.39. The molecule has 2 aromatic heterocycles. The Kier molecular flexibility index (Phi) is 3.41. The van der Waals surface area contributed by atoms with E-state index in [1.165, 1.54) is 0 Å². The van der Waals surface area contributed by atoms with Gasteiger partial charge in [-0.3, -0.25) is 4.79 Å². The molecule has 0 unspecified atom stereocenters. The summed E-state index contributed by atoms with van der Waals surface area (Å²) >= 11 is 5.99. The van der Waals surface area contributed by atoms with Gasteiger partial charge in [0.15, 0.2) is 11.4 Å². The fourth-order valence-electron chi connectivity index (χ4n) is 3.64. The molecule has 128 valence electrons. The number of benzene rings is 1. The van der Waals surface area contributed by atoms with Gasteiger partial charge >= 0.3 is 0 Å². The zero-order chi connectivity index (χ0) is 17.9. The van der Waals surface area contributed by atoms with Crippen molar-refractivity contribution in [3.63, 3.8) is 0 Å². The summed E-state index contributed by atoms with van der Waals surface area (Å²) in [5.41, 5.74) is 10.4. The molecule has 0 spiro atoms. The Hall–Kier alpha value is -2.40. The summed E-state index contributed by atoms with van der Waals surface area (Å²) in [5.74, 6) is 0.0665. The van der Waals surface area contributed by atoms with E-state index in [1.807, 2.05) is 31.2 Å². The minimum atomic E-state index is -0.114. The van der Waals surface area contributed by atoms with Crippen molar-refractivity contribution in [2.45, 2.75) is 33.6 Å². The summed E-state index contributed by atoms with van der Waals surface area (Å²) in [6.07, 6.45) is 1.21. The highest BCUT2D eigenvalue weighted by molar-refractivity contribution is 6.30. The van der Waals surface area contributed by atoms with Crippen molar-refractivity contribution in [3.05, 3.63) is 46.2 Å². The van der Waals surface area contributed by atoms with Gasteiger partial charge in [-0.15, -0.1) is 0 Å². The Balaban J connectivity index is 2.02. The molecule has 0 saturated carbocycles. The van der Waals surface area contributed by atoms with Crippen LogP contribution in [0.4, 0.5) is 5.69 Å². The summed E-state index contributed by atoms with van der Waals surface area (Å²) in [6, 6.07) is 7.41. The summed E-state index contributed by atoms with van der Waals surface area (Å²) in [7, 11) is 0. The van der Waals surface area contributed by atoms with E-state index >= 15 is 0 Å². The number of nitrogen functional groups attached to an aromatic ring is 1. The Morgan fingerprint density at radius 3 is 2.56 bits per heavy atom. The Bertz CT molecular complexity index is 1020. The van der Waals surface area contributed by atoms with Crippen molar-refractivity contribution in [2.24, 2.45) is 5.41 Å². The van der Waals surface area contributed by atoms with Crippen molar-refractivity contribution in [2.75, 3.05) is 5.73 Å². The van der Waals surface area contributed by atoms with Crippen molar-refractivity contribution in [1.29, 1.82) is 0 Å². The SMILES string of the molecule is Cc1nn(-c2ccc(Cl)cc2)c2nc3c(c(N)c12)C(=O)CC(C)(C)C3. The molecule has 0 bridgehead atoms. The first-order valence-corrected chi connectivity index (χ1v) is 8.61. The average molecular weight is 355 g/mol. The second kappa shape index (κ2) is 5.30. The van der Waals surface area contributed by atoms with E-state index in [2.05, 4.69) is 18.9 Å². The molecule has 5 nitrogen and oxygen atoms in total. The number of hydrogen-bond acceptors (Lipinski definition) is 4. The molecule has 25 heavy (non-hydrogen) atoms. The average Bonchev–Trinajstić information content (AvgIpc) is 2.83. The van der Waals surface area contributed by atoms with Crippen LogP contribution in [-0.4, -0.2) is 20.5 Å². The zero-order valence-corrected chi connectivity index (χ0v) is 15.2. The second-order valence-electron chi connectivity index (χ2n) is 7.46. The van der Waals surface area contributed by atoms with Crippen molar-refractivity contribution < 1.29 is 4.79 Å². The number of hydrogen-bond donors (Lipinski definition) is 1. The van der Waals surface area contributed by atoms with Crippen LogP contribution in [0.15, 0.2) is 24.3 Å². The molecule has 2 heterocycles. The quantitative estimate of drug-likeness (QED) is 0.713. The van der Waals surface area contributed by atoms with Crippen molar-refractivity contribution in [1.82, 2.24) is 14.8 Å². The number of carbonyl (C=O) groups is 1. The highest BCUT2D eigenvalue weighted by Gasteiger charge is 2.35. The monoisotopic (exact) mass is 354 g/mol. The number of fused-ring (bicyclic) bond motifs is 2. The van der Waals surface area contributed by atoms with E-state index in [0.717, 1.165) is 28.9 Å². The van der Waals surface area contributed by atoms with Crippen LogP contribution in [0.2, 0.25) is 5.02 Å². The summed E-state index contributed by atoms with van der Waals surface area (Å²) in [4.78, 5) is 17.4. The standard InChI is InChI=1S/C19H19ClN4O/c1-10-15-17(21)16-13(8-19(2,3)9-14(16)25)22-18(15)24(23-10)12-6-4-11(20)5-7-12/h4-7H,8-9H2,1-3H3,(H2,21,22). The Labute approximate surface area is 150 Å². The third-order valence-electron chi connectivity index (χ3n) is 4.74. The van der Waals surface area contributed by atoms with Crippen LogP contribution < -0.4 is 5.73 Å². The molecular weight excluding hydrogens is 336 g/mol. The lowest BCUT2D eigenvalue weighted by Crippen LogP contribution is -2.29. The molecule has 0 fully saturated rings. The maximum absolute atomic E-state index is 12.6. The van der Waals surface area contributed by atoms with Crippen LogP contribution in [-0.2, 0) is 6.42 Å². The maximum atomic E-state index is 12.6. The van der Waals surface area contributed by atoms with Crippen molar-refractivity contribution in [3.8, 4) is 5.69 Å². The molecule has 1 aromatic carbocycles. The number of anilines is 1. The van der Waals surface area contributed by atoms with Crippen LogP contribution in [0.1, 0.15) is 42.0 Å². The van der Waals surface area contributed by atoms with Crippen LogP contribution in [0.25, 0.3) is 16.7 Å². The number of rotatable bonds is 1.